The lowest BCUT2D eigenvalue weighted by atomic mass is 10.2. The molecule has 1 N–H and O–H groups in total. The standard InChI is InChI=1S/C13H12N4S/c1-2-10(8-14-5-1)3-6-15-13-12-11(4-7-18-12)16-9-17-13/h1-2,4-5,7-9H,3,6H2,(H,15,16,17). The van der Waals surface area contributed by atoms with Gasteiger partial charge in [0.15, 0.2) is 0 Å². The highest BCUT2D eigenvalue weighted by Crippen LogP contribution is 2.24. The average Bonchev–Trinajstić information content (AvgIpc) is 2.89. The first-order chi connectivity index (χ1) is 8.93. The molecule has 0 unspecified atom stereocenters. The van der Waals surface area contributed by atoms with Crippen molar-refractivity contribution in [3.63, 3.8) is 0 Å². The van der Waals surface area contributed by atoms with Crippen LogP contribution in [0.15, 0.2) is 42.3 Å². The Bertz CT molecular complexity index is 636. The summed E-state index contributed by atoms with van der Waals surface area (Å²) in [5.41, 5.74) is 2.22. The molecule has 3 aromatic rings. The monoisotopic (exact) mass is 256 g/mol. The lowest BCUT2D eigenvalue weighted by Gasteiger charge is -2.05. The van der Waals surface area contributed by atoms with Gasteiger partial charge in [0.1, 0.15) is 12.1 Å². The van der Waals surface area contributed by atoms with Gasteiger partial charge in [-0.25, -0.2) is 9.97 Å². The van der Waals surface area contributed by atoms with E-state index in [4.69, 9.17) is 0 Å². The predicted molar refractivity (Wildman–Crippen MR) is 73.8 cm³/mol. The van der Waals surface area contributed by atoms with Crippen molar-refractivity contribution in [2.45, 2.75) is 6.42 Å². The first kappa shape index (κ1) is 11.1. The molecule has 90 valence electrons. The highest BCUT2D eigenvalue weighted by molar-refractivity contribution is 7.17. The van der Waals surface area contributed by atoms with E-state index < -0.39 is 0 Å². The molecule has 3 aromatic heterocycles. The van der Waals surface area contributed by atoms with Gasteiger partial charge >= 0.3 is 0 Å². The fourth-order valence-corrected chi connectivity index (χ4v) is 2.60. The summed E-state index contributed by atoms with van der Waals surface area (Å²) < 4.78 is 1.11. The molecule has 18 heavy (non-hydrogen) atoms. The van der Waals surface area contributed by atoms with Crippen molar-refractivity contribution >= 4 is 27.4 Å². The number of fused-ring (bicyclic) bond motifs is 1. The average molecular weight is 256 g/mol. The number of nitrogens with zero attached hydrogens (tertiary/aromatic N) is 3. The first-order valence-electron chi connectivity index (χ1n) is 5.74. The Balaban J connectivity index is 1.68. The van der Waals surface area contributed by atoms with Crippen LogP contribution in [0, 0.1) is 0 Å². The van der Waals surface area contributed by atoms with Crippen LogP contribution in [0.5, 0.6) is 0 Å². The van der Waals surface area contributed by atoms with Gasteiger partial charge in [-0.1, -0.05) is 6.07 Å². The topological polar surface area (TPSA) is 50.7 Å². The van der Waals surface area contributed by atoms with E-state index in [0.717, 1.165) is 29.0 Å². The van der Waals surface area contributed by atoms with Gasteiger partial charge in [-0.2, -0.15) is 0 Å². The van der Waals surface area contributed by atoms with E-state index in [1.807, 2.05) is 23.7 Å². The summed E-state index contributed by atoms with van der Waals surface area (Å²) in [7, 11) is 0. The van der Waals surface area contributed by atoms with Crippen LogP contribution < -0.4 is 5.32 Å². The summed E-state index contributed by atoms with van der Waals surface area (Å²) in [6.07, 6.45) is 6.21. The molecule has 0 saturated carbocycles. The molecule has 5 heteroatoms. The molecule has 0 amide bonds. The van der Waals surface area contributed by atoms with Crippen molar-refractivity contribution in [3.05, 3.63) is 47.9 Å². The molecule has 3 rings (SSSR count). The number of aromatic nitrogens is 3. The number of pyridine rings is 1. The van der Waals surface area contributed by atoms with Gasteiger partial charge in [-0.3, -0.25) is 4.98 Å². The number of anilines is 1. The quantitative estimate of drug-likeness (QED) is 0.779. The zero-order chi connectivity index (χ0) is 12.2. The molecular weight excluding hydrogens is 244 g/mol. The van der Waals surface area contributed by atoms with Gasteiger partial charge in [0.05, 0.1) is 10.2 Å². The fraction of sp³-hybridized carbons (Fsp3) is 0.154. The summed E-state index contributed by atoms with van der Waals surface area (Å²) >= 11 is 1.66. The number of thiophene rings is 1. The molecular formula is C13H12N4S. The normalized spacial score (nSPS) is 10.7. The third-order valence-electron chi connectivity index (χ3n) is 2.67. The SMILES string of the molecule is c1cncc(CCNc2ncnc3ccsc23)c1. The van der Waals surface area contributed by atoms with Gasteiger partial charge < -0.3 is 5.32 Å². The maximum Gasteiger partial charge on any atom is 0.147 e. The molecule has 0 aliphatic carbocycles. The van der Waals surface area contributed by atoms with Crippen LogP contribution in [0.4, 0.5) is 5.82 Å². The van der Waals surface area contributed by atoms with E-state index >= 15 is 0 Å². The Kier molecular flexibility index (Phi) is 3.14. The highest BCUT2D eigenvalue weighted by atomic mass is 32.1. The second-order valence-electron chi connectivity index (χ2n) is 3.90. The minimum absolute atomic E-state index is 0.843. The van der Waals surface area contributed by atoms with Crippen molar-refractivity contribution in [3.8, 4) is 0 Å². The Morgan fingerprint density at radius 1 is 1.22 bits per heavy atom. The highest BCUT2D eigenvalue weighted by Gasteiger charge is 2.03. The Labute approximate surface area is 109 Å². The largest absolute Gasteiger partial charge is 0.368 e. The molecule has 3 heterocycles. The molecule has 0 aromatic carbocycles. The lowest BCUT2D eigenvalue weighted by Crippen LogP contribution is -2.06. The fourth-order valence-electron chi connectivity index (χ4n) is 1.79. The second kappa shape index (κ2) is 5.10. The van der Waals surface area contributed by atoms with Crippen LogP contribution in [0.3, 0.4) is 0 Å². The second-order valence-corrected chi connectivity index (χ2v) is 4.81. The van der Waals surface area contributed by atoms with E-state index in [9.17, 15) is 0 Å². The molecule has 0 radical (unpaired) electrons. The molecule has 0 spiro atoms. The van der Waals surface area contributed by atoms with Crippen molar-refractivity contribution in [2.75, 3.05) is 11.9 Å². The third kappa shape index (κ3) is 2.31. The number of hydrogen-bond donors (Lipinski definition) is 1. The van der Waals surface area contributed by atoms with Gasteiger partial charge in [0.25, 0.3) is 0 Å². The van der Waals surface area contributed by atoms with E-state index in [-0.39, 0.29) is 0 Å². The van der Waals surface area contributed by atoms with Crippen LogP contribution in [0.25, 0.3) is 10.2 Å². The van der Waals surface area contributed by atoms with Crippen molar-refractivity contribution < 1.29 is 0 Å². The number of nitrogens with one attached hydrogen (secondary N) is 1. The summed E-state index contributed by atoms with van der Waals surface area (Å²) in [4.78, 5) is 12.6. The van der Waals surface area contributed by atoms with E-state index in [1.165, 1.54) is 5.56 Å². The third-order valence-corrected chi connectivity index (χ3v) is 3.58. The Hall–Kier alpha value is -2.01. The number of hydrogen-bond acceptors (Lipinski definition) is 5. The van der Waals surface area contributed by atoms with Crippen LogP contribution in [-0.4, -0.2) is 21.5 Å². The molecule has 0 aliphatic rings. The van der Waals surface area contributed by atoms with Crippen LogP contribution in [0.1, 0.15) is 5.56 Å². The van der Waals surface area contributed by atoms with Gasteiger partial charge in [0.2, 0.25) is 0 Å². The van der Waals surface area contributed by atoms with E-state index in [2.05, 4.69) is 26.3 Å². The minimum atomic E-state index is 0.843. The maximum atomic E-state index is 4.28. The van der Waals surface area contributed by atoms with Crippen LogP contribution in [0.2, 0.25) is 0 Å². The van der Waals surface area contributed by atoms with Gasteiger partial charge in [-0.05, 0) is 29.5 Å². The van der Waals surface area contributed by atoms with Crippen molar-refractivity contribution in [1.29, 1.82) is 0 Å². The molecule has 0 atom stereocenters. The van der Waals surface area contributed by atoms with Crippen LogP contribution >= 0.6 is 11.3 Å². The minimum Gasteiger partial charge on any atom is -0.368 e. The lowest BCUT2D eigenvalue weighted by molar-refractivity contribution is 0.994. The van der Waals surface area contributed by atoms with Gasteiger partial charge in [-0.15, -0.1) is 11.3 Å². The van der Waals surface area contributed by atoms with Crippen molar-refractivity contribution in [2.24, 2.45) is 0 Å². The molecule has 0 aliphatic heterocycles. The zero-order valence-corrected chi connectivity index (χ0v) is 10.5. The molecule has 4 nitrogen and oxygen atoms in total. The van der Waals surface area contributed by atoms with Gasteiger partial charge in [0, 0.05) is 18.9 Å². The maximum absolute atomic E-state index is 4.28. The molecule has 0 saturated heterocycles. The Morgan fingerprint density at radius 3 is 3.11 bits per heavy atom. The molecule has 0 bridgehead atoms. The smallest absolute Gasteiger partial charge is 0.147 e. The predicted octanol–water partition coefficient (Wildman–Crippen LogP) is 2.74. The summed E-state index contributed by atoms with van der Waals surface area (Å²) in [5.74, 6) is 0.916. The molecule has 0 fully saturated rings. The summed E-state index contributed by atoms with van der Waals surface area (Å²) in [6, 6.07) is 6.04. The van der Waals surface area contributed by atoms with E-state index in [0.29, 0.717) is 0 Å². The zero-order valence-electron chi connectivity index (χ0n) is 9.71. The summed E-state index contributed by atoms with van der Waals surface area (Å²) in [5, 5.41) is 5.39. The van der Waals surface area contributed by atoms with E-state index in [1.54, 1.807) is 23.9 Å². The van der Waals surface area contributed by atoms with Crippen LogP contribution in [-0.2, 0) is 6.42 Å². The Morgan fingerprint density at radius 2 is 2.22 bits per heavy atom. The number of rotatable bonds is 4. The summed E-state index contributed by atoms with van der Waals surface area (Å²) in [6.45, 7) is 0.843. The van der Waals surface area contributed by atoms with Crippen molar-refractivity contribution in [1.82, 2.24) is 15.0 Å². The first-order valence-corrected chi connectivity index (χ1v) is 6.62.